The molecule has 1 N–H and O–H groups in total. The molecule has 0 atom stereocenters. The van der Waals surface area contributed by atoms with Crippen molar-refractivity contribution in [2.75, 3.05) is 5.32 Å². The molecule has 0 spiro atoms. The van der Waals surface area contributed by atoms with Crippen molar-refractivity contribution in [3.05, 3.63) is 18.3 Å². The molecule has 0 aromatic carbocycles. The topological polar surface area (TPSA) is 37.8 Å². The smallest absolute Gasteiger partial charge is 0.148 e. The van der Waals surface area contributed by atoms with Crippen molar-refractivity contribution in [1.82, 2.24) is 10.2 Å². The minimum atomic E-state index is 0. The maximum Gasteiger partial charge on any atom is 0.148 e. The molecule has 1 fully saturated rings. The lowest BCUT2D eigenvalue weighted by molar-refractivity contribution is 0.999. The average molecular weight is 172 g/mol. The molecule has 3 nitrogen and oxygen atoms in total. The molecule has 1 heterocycles. The van der Waals surface area contributed by atoms with Gasteiger partial charge in [0.15, 0.2) is 0 Å². The Morgan fingerprint density at radius 2 is 2.27 bits per heavy atom. The molecular weight excluding hydrogens is 162 g/mol. The molecule has 1 saturated carbocycles. The Labute approximate surface area is 71.6 Å². The predicted molar refractivity (Wildman–Crippen MR) is 45.9 cm³/mol. The summed E-state index contributed by atoms with van der Waals surface area (Å²) in [5, 5.41) is 10.9. The number of nitrogens with zero attached hydrogens (tertiary/aromatic N) is 2. The number of hydrogen-bond acceptors (Lipinski definition) is 3. The lowest BCUT2D eigenvalue weighted by atomic mass is 10.5. The molecule has 1 aliphatic rings. The van der Waals surface area contributed by atoms with Crippen molar-refractivity contribution in [3.8, 4) is 0 Å². The molecule has 11 heavy (non-hydrogen) atoms. The number of rotatable bonds is 2. The van der Waals surface area contributed by atoms with E-state index in [4.69, 9.17) is 0 Å². The quantitative estimate of drug-likeness (QED) is 0.733. The zero-order valence-corrected chi connectivity index (χ0v) is 6.84. The van der Waals surface area contributed by atoms with Gasteiger partial charge in [0.2, 0.25) is 0 Å². The highest BCUT2D eigenvalue weighted by atomic mass is 35.5. The Morgan fingerprint density at radius 1 is 1.45 bits per heavy atom. The molecule has 0 unspecified atom stereocenters. The number of aromatic nitrogens is 2. The summed E-state index contributed by atoms with van der Waals surface area (Å²) in [6.07, 6.45) is 4.23. The van der Waals surface area contributed by atoms with Crippen LogP contribution in [0.4, 0.5) is 5.82 Å². The van der Waals surface area contributed by atoms with Crippen LogP contribution in [0.5, 0.6) is 0 Å². The molecule has 0 saturated heterocycles. The van der Waals surface area contributed by atoms with Crippen LogP contribution in [0.15, 0.2) is 18.3 Å². The van der Waals surface area contributed by atoms with E-state index < -0.39 is 0 Å². The standard InChI is InChI=1S/C7H9N3.ClH/c1-2-7(10-8-5-1)9-6-3-4-6;/h1-2,5-6H,3-4H2,(H,9,10);1H. The van der Waals surface area contributed by atoms with Crippen molar-refractivity contribution in [2.45, 2.75) is 18.9 Å². The summed E-state index contributed by atoms with van der Waals surface area (Å²) in [7, 11) is 0. The van der Waals surface area contributed by atoms with Gasteiger partial charge in [0.25, 0.3) is 0 Å². The molecule has 1 aromatic rings. The van der Waals surface area contributed by atoms with Gasteiger partial charge in [-0.05, 0) is 25.0 Å². The lowest BCUT2D eigenvalue weighted by Gasteiger charge is -1.98. The maximum absolute atomic E-state index is 3.90. The molecule has 4 heteroatoms. The van der Waals surface area contributed by atoms with Gasteiger partial charge in [0, 0.05) is 12.2 Å². The van der Waals surface area contributed by atoms with Gasteiger partial charge in [0.05, 0.1) is 0 Å². The Kier molecular flexibility index (Phi) is 2.65. The number of nitrogens with one attached hydrogen (secondary N) is 1. The fourth-order valence-corrected chi connectivity index (χ4v) is 0.815. The van der Waals surface area contributed by atoms with Gasteiger partial charge >= 0.3 is 0 Å². The third-order valence-corrected chi connectivity index (χ3v) is 1.50. The Hall–Kier alpha value is -0.830. The SMILES string of the molecule is Cl.c1cnnc(NC2CC2)c1. The van der Waals surface area contributed by atoms with E-state index in [0.717, 1.165) is 5.82 Å². The first-order valence-electron chi connectivity index (χ1n) is 3.49. The van der Waals surface area contributed by atoms with Crippen molar-refractivity contribution in [3.63, 3.8) is 0 Å². The normalized spacial score (nSPS) is 15.3. The van der Waals surface area contributed by atoms with Gasteiger partial charge in [-0.25, -0.2) is 0 Å². The van der Waals surface area contributed by atoms with Crippen molar-refractivity contribution in [2.24, 2.45) is 0 Å². The van der Waals surface area contributed by atoms with E-state index in [1.165, 1.54) is 12.8 Å². The first-order chi connectivity index (χ1) is 4.95. The zero-order chi connectivity index (χ0) is 6.81. The monoisotopic (exact) mass is 171 g/mol. The third-order valence-electron chi connectivity index (χ3n) is 1.50. The largest absolute Gasteiger partial charge is 0.366 e. The van der Waals surface area contributed by atoms with Crippen molar-refractivity contribution in [1.29, 1.82) is 0 Å². The highest BCUT2D eigenvalue weighted by Gasteiger charge is 2.20. The van der Waals surface area contributed by atoms with Gasteiger partial charge < -0.3 is 5.32 Å². The Balaban J connectivity index is 0.000000605. The minimum Gasteiger partial charge on any atom is -0.366 e. The summed E-state index contributed by atoms with van der Waals surface area (Å²) in [6.45, 7) is 0. The zero-order valence-electron chi connectivity index (χ0n) is 6.03. The fourth-order valence-electron chi connectivity index (χ4n) is 0.815. The fraction of sp³-hybridized carbons (Fsp3) is 0.429. The van der Waals surface area contributed by atoms with E-state index in [0.29, 0.717) is 6.04 Å². The Morgan fingerprint density at radius 3 is 2.82 bits per heavy atom. The molecule has 0 radical (unpaired) electrons. The molecule has 2 rings (SSSR count). The molecule has 60 valence electrons. The summed E-state index contributed by atoms with van der Waals surface area (Å²) in [6, 6.07) is 4.49. The van der Waals surface area contributed by atoms with E-state index in [9.17, 15) is 0 Å². The first kappa shape index (κ1) is 8.27. The van der Waals surface area contributed by atoms with Crippen LogP contribution in [-0.4, -0.2) is 16.2 Å². The highest BCUT2D eigenvalue weighted by molar-refractivity contribution is 5.85. The van der Waals surface area contributed by atoms with E-state index in [1.54, 1.807) is 6.20 Å². The van der Waals surface area contributed by atoms with Crippen molar-refractivity contribution < 1.29 is 0 Å². The van der Waals surface area contributed by atoms with Gasteiger partial charge in [-0.3, -0.25) is 0 Å². The van der Waals surface area contributed by atoms with Crippen LogP contribution in [0, 0.1) is 0 Å². The second-order valence-electron chi connectivity index (χ2n) is 2.53. The number of halogens is 1. The summed E-state index contributed by atoms with van der Waals surface area (Å²) in [5.74, 6) is 0.894. The molecule has 0 bridgehead atoms. The molecule has 1 aliphatic carbocycles. The predicted octanol–water partition coefficient (Wildman–Crippen LogP) is 1.47. The number of anilines is 1. The molecule has 1 aromatic heterocycles. The van der Waals surface area contributed by atoms with Gasteiger partial charge in [0.1, 0.15) is 5.82 Å². The van der Waals surface area contributed by atoms with Gasteiger partial charge in [-0.15, -0.1) is 17.5 Å². The van der Waals surface area contributed by atoms with Crippen LogP contribution in [0.1, 0.15) is 12.8 Å². The molecular formula is C7H10ClN3. The lowest BCUT2D eigenvalue weighted by Crippen LogP contribution is -2.02. The molecule has 0 aliphatic heterocycles. The van der Waals surface area contributed by atoms with Crippen LogP contribution in [0.25, 0.3) is 0 Å². The van der Waals surface area contributed by atoms with Gasteiger partial charge in [-0.2, -0.15) is 5.10 Å². The summed E-state index contributed by atoms with van der Waals surface area (Å²) < 4.78 is 0. The average Bonchev–Trinajstić information content (AvgIpc) is 2.74. The summed E-state index contributed by atoms with van der Waals surface area (Å²) in [5.41, 5.74) is 0. The maximum atomic E-state index is 3.90. The summed E-state index contributed by atoms with van der Waals surface area (Å²) in [4.78, 5) is 0. The van der Waals surface area contributed by atoms with Crippen LogP contribution in [-0.2, 0) is 0 Å². The number of hydrogen-bond donors (Lipinski definition) is 1. The molecule has 0 amide bonds. The van der Waals surface area contributed by atoms with E-state index in [-0.39, 0.29) is 12.4 Å². The van der Waals surface area contributed by atoms with Crippen molar-refractivity contribution >= 4 is 18.2 Å². The Bertz CT molecular complexity index is 210. The van der Waals surface area contributed by atoms with Gasteiger partial charge in [-0.1, -0.05) is 0 Å². The van der Waals surface area contributed by atoms with Crippen LogP contribution < -0.4 is 5.32 Å². The van der Waals surface area contributed by atoms with Crippen LogP contribution >= 0.6 is 12.4 Å². The minimum absolute atomic E-state index is 0. The third kappa shape index (κ3) is 2.35. The second-order valence-corrected chi connectivity index (χ2v) is 2.53. The van der Waals surface area contributed by atoms with Crippen LogP contribution in [0.3, 0.4) is 0 Å². The van der Waals surface area contributed by atoms with Crippen LogP contribution in [0.2, 0.25) is 0 Å². The summed E-state index contributed by atoms with van der Waals surface area (Å²) >= 11 is 0. The van der Waals surface area contributed by atoms with E-state index in [2.05, 4.69) is 15.5 Å². The van der Waals surface area contributed by atoms with E-state index >= 15 is 0 Å². The first-order valence-corrected chi connectivity index (χ1v) is 3.49. The second kappa shape index (κ2) is 3.53. The highest BCUT2D eigenvalue weighted by Crippen LogP contribution is 2.22. The van der Waals surface area contributed by atoms with E-state index in [1.807, 2.05) is 12.1 Å².